The summed E-state index contributed by atoms with van der Waals surface area (Å²) in [6.45, 7) is 5.67. The van der Waals surface area contributed by atoms with Gasteiger partial charge in [-0.1, -0.05) is 246 Å². The van der Waals surface area contributed by atoms with Crippen LogP contribution in [0.2, 0.25) is 0 Å². The van der Waals surface area contributed by atoms with Gasteiger partial charge in [0.1, 0.15) is 18.8 Å². The van der Waals surface area contributed by atoms with Crippen LogP contribution in [0, 0.1) is 0 Å². The predicted octanol–water partition coefficient (Wildman–Crippen LogP) is 16.2. The van der Waals surface area contributed by atoms with Crippen molar-refractivity contribution < 1.29 is 58.2 Å². The summed E-state index contributed by atoms with van der Waals surface area (Å²) in [5, 5.41) is 31.5. The van der Waals surface area contributed by atoms with E-state index in [0.717, 1.165) is 103 Å². The quantitative estimate of drug-likeness (QED) is 0.0228. The van der Waals surface area contributed by atoms with E-state index in [9.17, 15) is 34.5 Å². The van der Waals surface area contributed by atoms with E-state index in [-0.39, 0.29) is 25.9 Å². The van der Waals surface area contributed by atoms with Crippen LogP contribution in [0.4, 0.5) is 0 Å². The van der Waals surface area contributed by atoms with E-state index >= 15 is 0 Å². The monoisotopic (exact) mass is 1100 g/mol. The first-order valence-corrected chi connectivity index (χ1v) is 30.9. The first kappa shape index (κ1) is 72.4. The Morgan fingerprint density at radius 2 is 0.835 bits per heavy atom. The highest BCUT2D eigenvalue weighted by Gasteiger charge is 2.50. The van der Waals surface area contributed by atoms with Gasteiger partial charge < -0.3 is 39.0 Å². The van der Waals surface area contributed by atoms with Gasteiger partial charge in [-0.05, 0) is 83.5 Å². The molecule has 6 unspecified atom stereocenters. The van der Waals surface area contributed by atoms with Crippen molar-refractivity contribution >= 4 is 23.9 Å². The Morgan fingerprint density at radius 1 is 0.443 bits per heavy atom. The summed E-state index contributed by atoms with van der Waals surface area (Å²) in [6, 6.07) is 0. The summed E-state index contributed by atoms with van der Waals surface area (Å²) in [4.78, 5) is 51.2. The number of aliphatic hydroxyl groups excluding tert-OH is 2. The van der Waals surface area contributed by atoms with Crippen LogP contribution in [0.3, 0.4) is 0 Å². The molecule has 0 radical (unpaired) electrons. The van der Waals surface area contributed by atoms with Crippen LogP contribution in [-0.4, -0.2) is 89.2 Å². The van der Waals surface area contributed by atoms with Crippen molar-refractivity contribution in [3.05, 3.63) is 109 Å². The Kier molecular flexibility index (Phi) is 49.5. The molecule has 3 N–H and O–H groups in total. The number of aliphatic carboxylic acids is 1. The molecule has 1 aliphatic heterocycles. The molecule has 0 amide bonds. The van der Waals surface area contributed by atoms with Crippen LogP contribution in [-0.2, 0) is 42.9 Å². The van der Waals surface area contributed by atoms with Crippen LogP contribution in [0.5, 0.6) is 0 Å². The fourth-order valence-corrected chi connectivity index (χ4v) is 8.73. The number of carboxylic acid groups (broad SMARTS) is 1. The smallest absolute Gasteiger partial charge is 0.335 e. The molecule has 6 atom stereocenters. The Bertz CT molecular complexity index is 1790. The van der Waals surface area contributed by atoms with E-state index in [1.165, 1.54) is 77.0 Å². The molecule has 448 valence electrons. The third kappa shape index (κ3) is 43.8. The van der Waals surface area contributed by atoms with Crippen molar-refractivity contribution in [2.75, 3.05) is 13.2 Å². The van der Waals surface area contributed by atoms with Crippen LogP contribution in [0.15, 0.2) is 109 Å². The first-order valence-electron chi connectivity index (χ1n) is 30.9. The maximum Gasteiger partial charge on any atom is 0.335 e. The number of carbonyl (C=O) groups excluding carboxylic acids is 3. The van der Waals surface area contributed by atoms with Gasteiger partial charge in [-0.15, -0.1) is 0 Å². The van der Waals surface area contributed by atoms with E-state index in [0.29, 0.717) is 19.3 Å². The standard InChI is InChI=1S/C67H108O12/c1-4-7-10-13-16-19-22-25-28-30-33-35-38-41-44-47-50-53-59(68)75-56-58(77-60(69)54-51-48-45-42-39-36-32-27-24-21-18-15-12-9-6-3)57-76-67-65(63(72)62(71)64(79-67)66(73)74)78-61(70)55-52-49-46-43-40-37-34-31-29-26-23-20-17-14-11-8-5-2/h7,9-10,12,16,18-19,21,25,27-28,32-33,35,39,42,48,51,58,62-65,67,71-72H,4-6,8,11,13-15,17,20,22-24,26,29-31,34,36-38,40-41,43-47,49-50,52-57H2,1-3H3,(H,73,74)/b10-7-,12-9-,19-16-,21-18-,28-25-,32-27-,35-33-,42-39-,51-48-. The first-order chi connectivity index (χ1) is 38.6. The Hall–Kier alpha value is -4.62. The van der Waals surface area contributed by atoms with Crippen molar-refractivity contribution in [1.29, 1.82) is 0 Å². The fourth-order valence-electron chi connectivity index (χ4n) is 8.73. The zero-order chi connectivity index (χ0) is 57.5. The molecule has 0 aromatic rings. The van der Waals surface area contributed by atoms with Gasteiger partial charge in [0, 0.05) is 12.8 Å². The second kappa shape index (κ2) is 54.0. The number of esters is 3. The topological polar surface area (TPSA) is 175 Å². The summed E-state index contributed by atoms with van der Waals surface area (Å²) in [5.41, 5.74) is 0. The average Bonchev–Trinajstić information content (AvgIpc) is 3.46. The molecule has 1 fully saturated rings. The van der Waals surface area contributed by atoms with E-state index in [4.69, 9.17) is 23.7 Å². The van der Waals surface area contributed by atoms with Crippen LogP contribution < -0.4 is 0 Å². The molecule has 79 heavy (non-hydrogen) atoms. The van der Waals surface area contributed by atoms with E-state index < -0.39 is 67.3 Å². The third-order valence-electron chi connectivity index (χ3n) is 13.4. The lowest BCUT2D eigenvalue weighted by Gasteiger charge is -2.40. The molecule has 0 aromatic heterocycles. The number of allylic oxidation sites excluding steroid dienone is 17. The highest BCUT2D eigenvalue weighted by molar-refractivity contribution is 5.74. The average molecular weight is 1110 g/mol. The maximum atomic E-state index is 13.1. The number of hydrogen-bond donors (Lipinski definition) is 3. The van der Waals surface area contributed by atoms with Crippen LogP contribution in [0.1, 0.15) is 239 Å². The van der Waals surface area contributed by atoms with Gasteiger partial charge in [0.05, 0.1) is 13.0 Å². The summed E-state index contributed by atoms with van der Waals surface area (Å²) < 4.78 is 28.3. The van der Waals surface area contributed by atoms with Crippen molar-refractivity contribution in [3.8, 4) is 0 Å². The maximum absolute atomic E-state index is 13.1. The Labute approximate surface area is 478 Å². The number of hydrogen-bond acceptors (Lipinski definition) is 11. The lowest BCUT2D eigenvalue weighted by atomic mass is 9.98. The van der Waals surface area contributed by atoms with Crippen LogP contribution in [0.25, 0.3) is 0 Å². The number of carboxylic acids is 1. The summed E-state index contributed by atoms with van der Waals surface area (Å²) in [5.74, 6) is -3.32. The molecule has 0 spiro atoms. The zero-order valence-electron chi connectivity index (χ0n) is 49.3. The highest BCUT2D eigenvalue weighted by Crippen LogP contribution is 2.26. The molecule has 1 saturated heterocycles. The van der Waals surface area contributed by atoms with E-state index in [1.807, 2.05) is 18.2 Å². The number of rotatable bonds is 51. The summed E-state index contributed by atoms with van der Waals surface area (Å²) in [6.07, 6.45) is 60.8. The lowest BCUT2D eigenvalue weighted by molar-refractivity contribution is -0.301. The van der Waals surface area contributed by atoms with Gasteiger partial charge in [0.15, 0.2) is 24.6 Å². The molecule has 0 bridgehead atoms. The molecular formula is C67H108O12. The van der Waals surface area contributed by atoms with Gasteiger partial charge >= 0.3 is 23.9 Å². The number of unbranched alkanes of at least 4 members (excludes halogenated alkanes) is 20. The molecule has 1 rings (SSSR count). The Morgan fingerprint density at radius 3 is 1.28 bits per heavy atom. The zero-order valence-corrected chi connectivity index (χ0v) is 49.3. The molecule has 0 aliphatic carbocycles. The molecule has 1 aliphatic rings. The van der Waals surface area contributed by atoms with Gasteiger partial charge in [-0.25, -0.2) is 4.79 Å². The molecule has 1 heterocycles. The van der Waals surface area contributed by atoms with Crippen LogP contribution >= 0.6 is 0 Å². The molecule has 12 nitrogen and oxygen atoms in total. The Balaban J connectivity index is 2.74. The lowest BCUT2D eigenvalue weighted by Crippen LogP contribution is -2.61. The van der Waals surface area contributed by atoms with E-state index in [1.54, 1.807) is 6.08 Å². The fraction of sp³-hybridized carbons (Fsp3) is 0.672. The van der Waals surface area contributed by atoms with Crippen molar-refractivity contribution in [1.82, 2.24) is 0 Å². The summed E-state index contributed by atoms with van der Waals surface area (Å²) >= 11 is 0. The summed E-state index contributed by atoms with van der Waals surface area (Å²) in [7, 11) is 0. The molecule has 0 saturated carbocycles. The van der Waals surface area contributed by atoms with Gasteiger partial charge in [-0.3, -0.25) is 14.4 Å². The largest absolute Gasteiger partial charge is 0.479 e. The minimum Gasteiger partial charge on any atom is -0.479 e. The molecule has 12 heteroatoms. The van der Waals surface area contributed by atoms with Gasteiger partial charge in [-0.2, -0.15) is 0 Å². The minimum absolute atomic E-state index is 0.0459. The SMILES string of the molecule is CC/C=C\C/C=C\C/C=C\C/C=C\C/C=C\CC(=O)OC(COC(=O)CCCCCC/C=C\C/C=C\C/C=C\C/C=C\CC)COC1OC(C(=O)O)C(O)C(O)C1OC(=O)CCCCCCCCCCCCCCCCCCC. The molecular weight excluding hydrogens is 997 g/mol. The van der Waals surface area contributed by atoms with Gasteiger partial charge in [0.25, 0.3) is 0 Å². The van der Waals surface area contributed by atoms with Crippen molar-refractivity contribution in [2.24, 2.45) is 0 Å². The predicted molar refractivity (Wildman–Crippen MR) is 321 cm³/mol. The van der Waals surface area contributed by atoms with Crippen molar-refractivity contribution in [3.63, 3.8) is 0 Å². The second-order valence-corrected chi connectivity index (χ2v) is 20.6. The minimum atomic E-state index is -1.92. The van der Waals surface area contributed by atoms with Crippen molar-refractivity contribution in [2.45, 2.75) is 276 Å². The molecule has 0 aromatic carbocycles. The highest BCUT2D eigenvalue weighted by atomic mass is 16.7. The normalized spacial score (nSPS) is 18.6. The number of carbonyl (C=O) groups is 4. The van der Waals surface area contributed by atoms with E-state index in [2.05, 4.69) is 106 Å². The third-order valence-corrected chi connectivity index (χ3v) is 13.4. The number of aliphatic hydroxyl groups is 2. The number of ether oxygens (including phenoxy) is 5. The van der Waals surface area contributed by atoms with Gasteiger partial charge in [0.2, 0.25) is 0 Å². The second-order valence-electron chi connectivity index (χ2n) is 20.6.